The minimum atomic E-state index is -1.10. The topological polar surface area (TPSA) is 138 Å². The standard InChI is InChI=1S/C37H44FN5O7/c1-37(2,3)50-36(48)40-27-18-28-22-49-31-14-12-26(38)17-29(31)35(47)42(5)30(13-15-32(44)41(4)21-33(45)43(28)20-27)34(46)39-19-23-10-11-24-8-6-7-9-25(24)16-23/h6-12,14,16-17,27-28,30H,13,15,18-22H2,1-5H3,(H,39,46)(H,40,48)/t27-,28+,30+/m1/s1. The summed E-state index contributed by atoms with van der Waals surface area (Å²) in [6.07, 6.45) is -0.514. The number of rotatable bonds is 4. The van der Waals surface area contributed by atoms with Gasteiger partial charge in [-0.05, 0) is 74.2 Å². The molecule has 0 saturated carbocycles. The van der Waals surface area contributed by atoms with Gasteiger partial charge in [0.1, 0.15) is 29.8 Å². The number of likely N-dealkylation sites (N-methyl/N-ethyl adjacent to an activating group) is 2. The van der Waals surface area contributed by atoms with Crippen LogP contribution in [-0.2, 0) is 25.7 Å². The second-order valence-electron chi connectivity index (χ2n) is 13.8. The Kier molecular flexibility index (Phi) is 10.9. The molecule has 2 aliphatic rings. The maximum atomic E-state index is 14.6. The average Bonchev–Trinajstić information content (AvgIpc) is 3.47. The van der Waals surface area contributed by atoms with Gasteiger partial charge in [-0.3, -0.25) is 19.2 Å². The van der Waals surface area contributed by atoms with Gasteiger partial charge in [0.15, 0.2) is 0 Å². The number of ether oxygens (including phenoxy) is 2. The third kappa shape index (κ3) is 8.87. The Morgan fingerprint density at radius 3 is 2.46 bits per heavy atom. The molecule has 2 heterocycles. The van der Waals surface area contributed by atoms with Crippen molar-refractivity contribution in [1.29, 1.82) is 0 Å². The summed E-state index contributed by atoms with van der Waals surface area (Å²) in [5.74, 6) is -2.55. The number of fused-ring (bicyclic) bond motifs is 3. The van der Waals surface area contributed by atoms with Crippen LogP contribution < -0.4 is 15.4 Å². The smallest absolute Gasteiger partial charge is 0.407 e. The van der Waals surface area contributed by atoms with E-state index in [-0.39, 0.29) is 56.3 Å². The third-order valence-electron chi connectivity index (χ3n) is 8.86. The molecule has 266 valence electrons. The van der Waals surface area contributed by atoms with E-state index in [1.54, 1.807) is 20.8 Å². The summed E-state index contributed by atoms with van der Waals surface area (Å²) in [6, 6.07) is 15.1. The monoisotopic (exact) mass is 689 g/mol. The fourth-order valence-corrected chi connectivity index (χ4v) is 6.26. The van der Waals surface area contributed by atoms with Crippen molar-refractivity contribution in [1.82, 2.24) is 25.3 Å². The van der Waals surface area contributed by atoms with Crippen LogP contribution in [0.4, 0.5) is 9.18 Å². The first-order chi connectivity index (χ1) is 23.7. The predicted octanol–water partition coefficient (Wildman–Crippen LogP) is 3.86. The number of alkyl carbamates (subject to hydrolysis) is 1. The molecule has 0 radical (unpaired) electrons. The van der Waals surface area contributed by atoms with Gasteiger partial charge in [-0.2, -0.15) is 0 Å². The van der Waals surface area contributed by atoms with Crippen molar-refractivity contribution in [3.05, 3.63) is 77.6 Å². The molecule has 13 heteroatoms. The van der Waals surface area contributed by atoms with Gasteiger partial charge in [-0.1, -0.05) is 36.4 Å². The Morgan fingerprint density at radius 2 is 1.72 bits per heavy atom. The van der Waals surface area contributed by atoms with Crippen molar-refractivity contribution in [2.45, 2.75) is 70.3 Å². The number of hydrogen-bond acceptors (Lipinski definition) is 7. The zero-order chi connectivity index (χ0) is 36.2. The van der Waals surface area contributed by atoms with Crippen LogP contribution in [0.5, 0.6) is 5.75 Å². The van der Waals surface area contributed by atoms with E-state index in [2.05, 4.69) is 10.6 Å². The molecule has 12 nitrogen and oxygen atoms in total. The number of carbonyl (C=O) groups excluding carboxylic acids is 5. The number of halogens is 1. The summed E-state index contributed by atoms with van der Waals surface area (Å²) in [5.41, 5.74) is 0.0181. The lowest BCUT2D eigenvalue weighted by Crippen LogP contribution is -2.48. The van der Waals surface area contributed by atoms with Crippen molar-refractivity contribution in [3.63, 3.8) is 0 Å². The van der Waals surface area contributed by atoms with E-state index in [9.17, 15) is 28.4 Å². The molecule has 0 unspecified atom stereocenters. The molecule has 50 heavy (non-hydrogen) atoms. The lowest BCUT2D eigenvalue weighted by Gasteiger charge is -2.28. The van der Waals surface area contributed by atoms with Crippen LogP contribution in [0.3, 0.4) is 0 Å². The summed E-state index contributed by atoms with van der Waals surface area (Å²) in [5, 5.41) is 7.76. The SMILES string of the molecule is CN1CC(=O)N2C[C@H](NC(=O)OC(C)(C)C)C[C@H]2COc2ccc(F)cc2C(=O)N(C)[C@H](C(=O)NCc2ccc3ccccc3c2)CCC1=O. The van der Waals surface area contributed by atoms with E-state index in [1.165, 1.54) is 34.9 Å². The summed E-state index contributed by atoms with van der Waals surface area (Å²) in [7, 11) is 2.93. The fourth-order valence-electron chi connectivity index (χ4n) is 6.26. The molecule has 2 aliphatic heterocycles. The molecule has 0 bridgehead atoms. The van der Waals surface area contributed by atoms with Gasteiger partial charge in [0, 0.05) is 33.6 Å². The summed E-state index contributed by atoms with van der Waals surface area (Å²) in [6.45, 7) is 5.23. The minimum absolute atomic E-state index is 0.0527. The molecule has 2 N–H and O–H groups in total. The minimum Gasteiger partial charge on any atom is -0.491 e. The van der Waals surface area contributed by atoms with E-state index in [0.29, 0.717) is 6.42 Å². The summed E-state index contributed by atoms with van der Waals surface area (Å²) in [4.78, 5) is 71.0. The predicted molar refractivity (Wildman–Crippen MR) is 184 cm³/mol. The highest BCUT2D eigenvalue weighted by atomic mass is 19.1. The normalized spacial score (nSPS) is 20.7. The van der Waals surface area contributed by atoms with E-state index >= 15 is 0 Å². The number of benzene rings is 3. The lowest BCUT2D eigenvalue weighted by atomic mass is 10.0. The van der Waals surface area contributed by atoms with Crippen molar-refractivity contribution in [2.24, 2.45) is 0 Å². The summed E-state index contributed by atoms with van der Waals surface area (Å²) < 4.78 is 26.1. The molecule has 0 aromatic heterocycles. The molecule has 1 saturated heterocycles. The van der Waals surface area contributed by atoms with Crippen LogP contribution in [0.15, 0.2) is 60.7 Å². The fraction of sp³-hybridized carbons (Fsp3) is 0.432. The van der Waals surface area contributed by atoms with E-state index < -0.39 is 53.4 Å². The molecule has 0 aliphatic carbocycles. The second-order valence-corrected chi connectivity index (χ2v) is 13.8. The molecule has 3 atom stereocenters. The molecule has 3 aromatic rings. The molecular formula is C37H44FN5O7. The first-order valence-electron chi connectivity index (χ1n) is 16.7. The number of nitrogens with one attached hydrogen (secondary N) is 2. The van der Waals surface area contributed by atoms with Crippen molar-refractivity contribution in [3.8, 4) is 5.75 Å². The Morgan fingerprint density at radius 1 is 0.980 bits per heavy atom. The van der Waals surface area contributed by atoms with Gasteiger partial charge in [-0.25, -0.2) is 9.18 Å². The van der Waals surface area contributed by atoms with Gasteiger partial charge in [0.25, 0.3) is 5.91 Å². The van der Waals surface area contributed by atoms with Crippen molar-refractivity contribution >= 4 is 40.5 Å². The second kappa shape index (κ2) is 15.1. The average molecular weight is 690 g/mol. The van der Waals surface area contributed by atoms with Crippen LogP contribution >= 0.6 is 0 Å². The lowest BCUT2D eigenvalue weighted by molar-refractivity contribution is -0.140. The first kappa shape index (κ1) is 36.1. The molecule has 0 spiro atoms. The van der Waals surface area contributed by atoms with Gasteiger partial charge in [-0.15, -0.1) is 0 Å². The number of nitrogens with zero attached hydrogens (tertiary/aromatic N) is 3. The van der Waals surface area contributed by atoms with Crippen LogP contribution in [0.1, 0.15) is 56.0 Å². The first-order valence-corrected chi connectivity index (χ1v) is 16.7. The largest absolute Gasteiger partial charge is 0.491 e. The Balaban J connectivity index is 1.38. The number of amides is 5. The summed E-state index contributed by atoms with van der Waals surface area (Å²) >= 11 is 0. The number of hydrogen-bond donors (Lipinski definition) is 2. The van der Waals surface area contributed by atoms with E-state index in [4.69, 9.17) is 9.47 Å². The highest BCUT2D eigenvalue weighted by Gasteiger charge is 2.38. The Bertz CT molecular complexity index is 1780. The quantitative estimate of drug-likeness (QED) is 0.425. The van der Waals surface area contributed by atoms with Crippen molar-refractivity contribution in [2.75, 3.05) is 33.8 Å². The zero-order valence-corrected chi connectivity index (χ0v) is 29.0. The molecule has 5 amide bonds. The van der Waals surface area contributed by atoms with E-state index in [1.807, 2.05) is 42.5 Å². The van der Waals surface area contributed by atoms with Crippen LogP contribution in [0, 0.1) is 5.82 Å². The Labute approximate surface area is 290 Å². The molecule has 1 fully saturated rings. The maximum Gasteiger partial charge on any atom is 0.407 e. The van der Waals surface area contributed by atoms with Crippen LogP contribution in [-0.4, -0.2) is 102 Å². The van der Waals surface area contributed by atoms with Gasteiger partial charge in [0.2, 0.25) is 17.7 Å². The van der Waals surface area contributed by atoms with E-state index in [0.717, 1.165) is 28.5 Å². The number of carbonyl (C=O) groups is 5. The molecular weight excluding hydrogens is 645 g/mol. The molecule has 3 aromatic carbocycles. The van der Waals surface area contributed by atoms with Gasteiger partial charge >= 0.3 is 6.09 Å². The Hall–Kier alpha value is -5.20. The van der Waals surface area contributed by atoms with Gasteiger partial charge < -0.3 is 34.8 Å². The van der Waals surface area contributed by atoms with Crippen LogP contribution in [0.25, 0.3) is 10.8 Å². The zero-order valence-electron chi connectivity index (χ0n) is 29.0. The van der Waals surface area contributed by atoms with Gasteiger partial charge in [0.05, 0.1) is 24.2 Å². The maximum absolute atomic E-state index is 14.6. The van der Waals surface area contributed by atoms with Crippen LogP contribution in [0.2, 0.25) is 0 Å². The highest BCUT2D eigenvalue weighted by molar-refractivity contribution is 5.99. The highest BCUT2D eigenvalue weighted by Crippen LogP contribution is 2.27. The molecule has 5 rings (SSSR count). The van der Waals surface area contributed by atoms with Crippen molar-refractivity contribution < 1.29 is 37.8 Å². The third-order valence-corrected chi connectivity index (χ3v) is 8.86.